The Balaban J connectivity index is 0.869. The Kier molecular flexibility index (Phi) is 11.4. The molecule has 5 aliphatic rings. The molecule has 65 heavy (non-hydrogen) atoms. The maximum absolute atomic E-state index is 14.6. The van der Waals surface area contributed by atoms with Gasteiger partial charge in [-0.3, -0.25) is 19.8 Å². The van der Waals surface area contributed by atoms with Gasteiger partial charge in [0.2, 0.25) is 0 Å². The highest BCUT2D eigenvalue weighted by atomic mass is 32.2. The lowest BCUT2D eigenvalue weighted by molar-refractivity contribution is -0.384. The number of ether oxygens (including phenoxy) is 4. The second-order valence-corrected chi connectivity index (χ2v) is 20.0. The summed E-state index contributed by atoms with van der Waals surface area (Å²) in [4.78, 5) is 37.1. The van der Waals surface area contributed by atoms with Gasteiger partial charge in [0, 0.05) is 55.3 Å². The molecule has 16 nitrogen and oxygen atoms in total. The first-order chi connectivity index (χ1) is 31.3. The number of aromatic amines is 1. The normalized spacial score (nSPS) is 22.3. The molecule has 1 aliphatic carbocycles. The first-order valence-corrected chi connectivity index (χ1v) is 23.9. The van der Waals surface area contributed by atoms with Crippen LogP contribution in [0.25, 0.3) is 11.0 Å². The smallest absolute Gasteiger partial charge is 0.297 e. The molecule has 2 aromatic heterocycles. The Morgan fingerprint density at radius 3 is 2.65 bits per heavy atom. The van der Waals surface area contributed by atoms with Crippen LogP contribution >= 0.6 is 0 Å². The summed E-state index contributed by atoms with van der Waals surface area (Å²) in [5.74, 6) is -1.04. The molecule has 3 aromatic carbocycles. The molecule has 18 heteroatoms. The molecule has 2 unspecified atom stereocenters. The van der Waals surface area contributed by atoms with Crippen LogP contribution in [0.1, 0.15) is 85.8 Å². The second-order valence-electron chi connectivity index (χ2n) is 18.3. The number of aromatic nitrogens is 2. The first-order valence-electron chi connectivity index (χ1n) is 22.4. The van der Waals surface area contributed by atoms with Crippen LogP contribution in [0.2, 0.25) is 0 Å². The van der Waals surface area contributed by atoms with Gasteiger partial charge in [0.25, 0.3) is 21.6 Å². The minimum absolute atomic E-state index is 0.00865. The van der Waals surface area contributed by atoms with Gasteiger partial charge in [-0.25, -0.2) is 22.5 Å². The van der Waals surface area contributed by atoms with Crippen molar-refractivity contribution in [3.63, 3.8) is 0 Å². The van der Waals surface area contributed by atoms with Crippen LogP contribution in [0.5, 0.6) is 17.2 Å². The topological polar surface area (TPSA) is 190 Å². The second kappa shape index (κ2) is 17.2. The third-order valence-corrected chi connectivity index (χ3v) is 15.3. The summed E-state index contributed by atoms with van der Waals surface area (Å²) in [6, 6.07) is 17.8. The van der Waals surface area contributed by atoms with Gasteiger partial charge in [0.05, 0.1) is 52.8 Å². The summed E-state index contributed by atoms with van der Waals surface area (Å²) in [5.41, 5.74) is 3.55. The first kappa shape index (κ1) is 43.1. The number of likely N-dealkylation sites (tertiary alicyclic amines) is 1. The number of fused-ring (bicyclic) bond motifs is 2. The van der Waals surface area contributed by atoms with Gasteiger partial charge in [-0.05, 0) is 85.7 Å². The van der Waals surface area contributed by atoms with Crippen LogP contribution in [0, 0.1) is 21.3 Å². The number of nitro groups is 1. The van der Waals surface area contributed by atoms with Crippen LogP contribution in [0.3, 0.4) is 0 Å². The Hall–Kier alpha value is -5.82. The zero-order valence-corrected chi connectivity index (χ0v) is 37.1. The lowest BCUT2D eigenvalue weighted by Gasteiger charge is -2.56. The third-order valence-electron chi connectivity index (χ3n) is 14.0. The van der Waals surface area contributed by atoms with Crippen molar-refractivity contribution in [2.24, 2.45) is 5.41 Å². The van der Waals surface area contributed by atoms with Crippen LogP contribution in [0.4, 0.5) is 21.5 Å². The number of sulfonamides is 1. The third kappa shape index (κ3) is 8.36. The van der Waals surface area contributed by atoms with Gasteiger partial charge >= 0.3 is 0 Å². The van der Waals surface area contributed by atoms with Crippen molar-refractivity contribution in [2.45, 2.75) is 87.4 Å². The molecule has 342 valence electrons. The lowest BCUT2D eigenvalue weighted by Crippen LogP contribution is -2.54. The molecule has 3 N–H and O–H groups in total. The average Bonchev–Trinajstić information content (AvgIpc) is 3.94. The zero-order valence-electron chi connectivity index (χ0n) is 36.3. The van der Waals surface area contributed by atoms with E-state index in [1.54, 1.807) is 12.1 Å². The van der Waals surface area contributed by atoms with Crippen molar-refractivity contribution in [1.29, 1.82) is 0 Å². The monoisotopic (exact) mass is 909 g/mol. The number of rotatable bonds is 11. The predicted molar refractivity (Wildman–Crippen MR) is 240 cm³/mol. The molecule has 6 heterocycles. The molecule has 3 atom stereocenters. The maximum Gasteiger partial charge on any atom is 0.297 e. The summed E-state index contributed by atoms with van der Waals surface area (Å²) in [5, 5.41) is 15.5. The number of H-pyrrole nitrogens is 1. The fourth-order valence-electron chi connectivity index (χ4n) is 10.6. The van der Waals surface area contributed by atoms with Gasteiger partial charge in [-0.1, -0.05) is 38.1 Å². The number of anilines is 2. The Morgan fingerprint density at radius 1 is 1.06 bits per heavy atom. The van der Waals surface area contributed by atoms with Gasteiger partial charge in [-0.15, -0.1) is 0 Å². The van der Waals surface area contributed by atoms with Crippen molar-refractivity contribution in [2.75, 3.05) is 56.3 Å². The number of piperidine rings is 1. The molecule has 0 bridgehead atoms. The Bertz CT molecular complexity index is 2750. The van der Waals surface area contributed by atoms with E-state index < -0.39 is 49.4 Å². The Labute approximate surface area is 376 Å². The molecule has 5 aromatic rings. The van der Waals surface area contributed by atoms with E-state index in [1.165, 1.54) is 48.5 Å². The number of carbonyl (C=O) groups excluding carboxylic acids is 1. The minimum atomic E-state index is -4.72. The molecule has 1 spiro atoms. The minimum Gasteiger partial charge on any atom is -0.489 e. The summed E-state index contributed by atoms with van der Waals surface area (Å²) in [6.07, 6.45) is 8.85. The van der Waals surface area contributed by atoms with E-state index in [0.29, 0.717) is 36.9 Å². The molecule has 1 amide bonds. The summed E-state index contributed by atoms with van der Waals surface area (Å²) in [6.45, 7) is 8.31. The summed E-state index contributed by atoms with van der Waals surface area (Å²) in [7, 11) is -4.72. The van der Waals surface area contributed by atoms with E-state index in [1.807, 2.05) is 0 Å². The van der Waals surface area contributed by atoms with Crippen LogP contribution in [0.15, 0.2) is 78.0 Å². The molecule has 10 rings (SSSR count). The number of hydrogen-bond acceptors (Lipinski definition) is 13. The highest BCUT2D eigenvalue weighted by molar-refractivity contribution is 7.90. The molecule has 4 aliphatic heterocycles. The number of nitrogens with zero attached hydrogens (tertiary/aromatic N) is 4. The molecule has 1 saturated carbocycles. The quantitative estimate of drug-likeness (QED) is 0.0860. The van der Waals surface area contributed by atoms with Crippen molar-refractivity contribution < 1.29 is 41.5 Å². The largest absolute Gasteiger partial charge is 0.489 e. The fraction of sp³-hybridized carbons (Fsp3) is 0.447. The molecule has 0 radical (unpaired) electrons. The average molecular weight is 910 g/mol. The zero-order chi connectivity index (χ0) is 45.0. The molecular weight excluding hydrogens is 858 g/mol. The van der Waals surface area contributed by atoms with Gasteiger partial charge in [0.15, 0.2) is 11.4 Å². The van der Waals surface area contributed by atoms with Crippen molar-refractivity contribution in [1.82, 2.24) is 19.6 Å². The maximum atomic E-state index is 14.6. The number of pyridine rings is 1. The van der Waals surface area contributed by atoms with Gasteiger partial charge < -0.3 is 34.1 Å². The van der Waals surface area contributed by atoms with E-state index in [-0.39, 0.29) is 52.5 Å². The van der Waals surface area contributed by atoms with Crippen molar-refractivity contribution in [3.8, 4) is 17.2 Å². The van der Waals surface area contributed by atoms with Crippen LogP contribution in [-0.4, -0.2) is 98.4 Å². The number of amides is 1. The number of hydrogen-bond donors (Lipinski definition) is 3. The predicted octanol–water partition coefficient (Wildman–Crippen LogP) is 7.82. The Morgan fingerprint density at radius 2 is 1.88 bits per heavy atom. The summed E-state index contributed by atoms with van der Waals surface area (Å²) < 4.78 is 67.8. The van der Waals surface area contributed by atoms with Gasteiger partial charge in [0.1, 0.15) is 35.7 Å². The number of benzene rings is 3. The van der Waals surface area contributed by atoms with Gasteiger partial charge in [-0.2, -0.15) is 0 Å². The van der Waals surface area contributed by atoms with Crippen LogP contribution in [-0.2, 0) is 19.5 Å². The van der Waals surface area contributed by atoms with Crippen molar-refractivity contribution >= 4 is 44.0 Å². The fourth-order valence-corrected chi connectivity index (χ4v) is 11.6. The van der Waals surface area contributed by atoms with Crippen molar-refractivity contribution in [3.05, 3.63) is 106 Å². The number of halogens is 1. The highest BCUT2D eigenvalue weighted by Crippen LogP contribution is 2.54. The SMILES string of the molecule is CC(C)c1ccccc1[C@H]1CCCN1C1CC2(CCN(c3ccc(C(=O)NS(=O)(=O)c4cc5c(c([N+](=O)[O-])c4)NC(C4COCCO4)CO5)c(Oc4cnc5[nH]cc(F)c5c4)c3)CC2)C1. The number of nitro benzene ring substituents is 1. The van der Waals surface area contributed by atoms with E-state index >= 15 is 0 Å². The lowest BCUT2D eigenvalue weighted by atomic mass is 9.59. The highest BCUT2D eigenvalue weighted by Gasteiger charge is 2.50. The van der Waals surface area contributed by atoms with E-state index in [9.17, 15) is 27.7 Å². The molecular formula is C47H52FN7O9S. The summed E-state index contributed by atoms with van der Waals surface area (Å²) >= 11 is 0. The van der Waals surface area contributed by atoms with E-state index in [0.717, 1.165) is 63.1 Å². The van der Waals surface area contributed by atoms with Crippen LogP contribution < -0.4 is 24.4 Å². The standard InChI is InChI=1S/C47H52FN7O9S/c1-28(2)33-6-3-4-7-34(33)39-8-5-13-54(39)30-22-47(23-30)11-14-53(15-12-47)29-9-10-35(41(18-29)64-31-19-36-37(48)25-50-45(36)49-24-31)46(56)52-65(59,60)32-20-40(55(57)58)44-42(21-32)63-26-38(51-44)43-27-61-16-17-62-43/h3-4,6-7,9-10,18-21,24-25,28,30,38-39,43,51H,5,8,11-17,22-23,26-27H2,1-2H3,(H,49,50)(H,52,56)/t38?,39-,43?/m1/s1. The molecule has 4 fully saturated rings. The number of nitrogens with one attached hydrogen (secondary N) is 3. The molecule has 3 saturated heterocycles. The van der Waals surface area contributed by atoms with E-state index in [4.69, 9.17) is 18.9 Å². The number of carbonyl (C=O) groups is 1. The van der Waals surface area contributed by atoms with E-state index in [2.05, 4.69) is 67.9 Å².